The molecule has 1 aliphatic heterocycles. The predicted octanol–water partition coefficient (Wildman–Crippen LogP) is 3.07. The lowest BCUT2D eigenvalue weighted by Gasteiger charge is -2.36. The van der Waals surface area contributed by atoms with E-state index >= 15 is 0 Å². The van der Waals surface area contributed by atoms with E-state index in [1.165, 1.54) is 5.56 Å². The Kier molecular flexibility index (Phi) is 5.12. The van der Waals surface area contributed by atoms with E-state index in [-0.39, 0.29) is 0 Å². The lowest BCUT2D eigenvalue weighted by Crippen LogP contribution is -2.46. The van der Waals surface area contributed by atoms with E-state index in [0.29, 0.717) is 11.4 Å². The number of pyridine rings is 1. The Hall–Kier alpha value is -3.12. The number of aromatic nitrogens is 1. The number of rotatable bonds is 5. The monoisotopic (exact) mass is 376 g/mol. The molecule has 3 aromatic rings. The first-order valence-electron chi connectivity index (χ1n) is 9.48. The maximum absolute atomic E-state index is 11.7. The zero-order valence-electron chi connectivity index (χ0n) is 16.0. The van der Waals surface area contributed by atoms with E-state index in [1.54, 1.807) is 18.3 Å². The molecule has 0 unspecified atom stereocenters. The van der Waals surface area contributed by atoms with Crippen molar-refractivity contribution in [1.29, 1.82) is 0 Å². The molecule has 3 heterocycles. The van der Waals surface area contributed by atoms with Gasteiger partial charge in [0.05, 0.1) is 5.56 Å². The third-order valence-corrected chi connectivity index (χ3v) is 5.14. The van der Waals surface area contributed by atoms with Crippen LogP contribution in [0.1, 0.15) is 21.7 Å². The van der Waals surface area contributed by atoms with Gasteiger partial charge in [0.25, 0.3) is 5.91 Å². The summed E-state index contributed by atoms with van der Waals surface area (Å²) in [5.41, 5.74) is 8.37. The summed E-state index contributed by atoms with van der Waals surface area (Å²) >= 11 is 0. The molecule has 28 heavy (non-hydrogen) atoms. The Morgan fingerprint density at radius 3 is 2.57 bits per heavy atom. The molecule has 4 rings (SSSR count). The fourth-order valence-electron chi connectivity index (χ4n) is 3.68. The predicted molar refractivity (Wildman–Crippen MR) is 109 cm³/mol. The molecule has 2 N–H and O–H groups in total. The molecule has 0 spiro atoms. The molecule has 1 amide bonds. The van der Waals surface area contributed by atoms with Crippen LogP contribution in [-0.4, -0.2) is 42.0 Å². The summed E-state index contributed by atoms with van der Waals surface area (Å²) < 4.78 is 5.83. The minimum Gasteiger partial charge on any atom is -0.461 e. The Bertz CT molecular complexity index is 974. The van der Waals surface area contributed by atoms with Crippen LogP contribution in [0.2, 0.25) is 0 Å². The smallest absolute Gasteiger partial charge is 0.252 e. The van der Waals surface area contributed by atoms with Gasteiger partial charge >= 0.3 is 0 Å². The lowest BCUT2D eigenvalue weighted by molar-refractivity contribution is 0.1000. The van der Waals surface area contributed by atoms with Gasteiger partial charge in [-0.3, -0.25) is 9.69 Å². The zero-order chi connectivity index (χ0) is 19.5. The van der Waals surface area contributed by atoms with Gasteiger partial charge in [-0.25, -0.2) is 4.98 Å². The van der Waals surface area contributed by atoms with Gasteiger partial charge < -0.3 is 15.1 Å². The number of carbonyl (C=O) groups is 1. The third-order valence-electron chi connectivity index (χ3n) is 5.14. The topological polar surface area (TPSA) is 75.6 Å². The Balaban J connectivity index is 1.46. The molecule has 6 heteroatoms. The van der Waals surface area contributed by atoms with Crippen molar-refractivity contribution in [2.45, 2.75) is 13.5 Å². The first-order chi connectivity index (χ1) is 13.6. The van der Waals surface area contributed by atoms with Crippen molar-refractivity contribution in [3.8, 4) is 11.3 Å². The molecule has 1 aliphatic rings. The quantitative estimate of drug-likeness (QED) is 0.741. The van der Waals surface area contributed by atoms with Crippen LogP contribution in [0.5, 0.6) is 0 Å². The number of hydrogen-bond donors (Lipinski definition) is 1. The summed E-state index contributed by atoms with van der Waals surface area (Å²) in [7, 11) is 0. The standard InChI is InChI=1S/C22H24N4O2/c1-16-8-9-20(28-16)18-6-3-2-5-17(18)15-25-11-13-26(14-12-25)22-19(21(23)27)7-4-10-24-22/h2-10H,11-15H2,1H3,(H2,23,27). The van der Waals surface area contributed by atoms with Gasteiger partial charge in [0, 0.05) is 44.5 Å². The van der Waals surface area contributed by atoms with Crippen LogP contribution in [-0.2, 0) is 6.54 Å². The van der Waals surface area contributed by atoms with Crippen molar-refractivity contribution in [2.75, 3.05) is 31.1 Å². The number of carbonyl (C=O) groups excluding carboxylic acids is 1. The summed E-state index contributed by atoms with van der Waals surface area (Å²) in [5, 5.41) is 0. The molecular formula is C22H24N4O2. The summed E-state index contributed by atoms with van der Waals surface area (Å²) in [5.74, 6) is 2.07. The maximum atomic E-state index is 11.7. The van der Waals surface area contributed by atoms with E-state index in [1.807, 2.05) is 25.1 Å². The second kappa shape index (κ2) is 7.86. The zero-order valence-corrected chi connectivity index (χ0v) is 16.0. The van der Waals surface area contributed by atoms with Crippen LogP contribution in [0.3, 0.4) is 0 Å². The summed E-state index contributed by atoms with van der Waals surface area (Å²) in [6, 6.07) is 15.9. The highest BCUT2D eigenvalue weighted by Gasteiger charge is 2.22. The van der Waals surface area contributed by atoms with Crippen LogP contribution in [0, 0.1) is 6.92 Å². The lowest BCUT2D eigenvalue weighted by atomic mass is 10.0. The number of piperazine rings is 1. The molecule has 0 radical (unpaired) electrons. The summed E-state index contributed by atoms with van der Waals surface area (Å²) in [4.78, 5) is 20.6. The van der Waals surface area contributed by atoms with Crippen molar-refractivity contribution in [3.05, 3.63) is 71.6 Å². The number of aryl methyl sites for hydroxylation is 1. The van der Waals surface area contributed by atoms with Gasteiger partial charge in [-0.1, -0.05) is 24.3 Å². The Labute approximate surface area is 164 Å². The second-order valence-electron chi connectivity index (χ2n) is 7.07. The molecule has 1 saturated heterocycles. The average molecular weight is 376 g/mol. The third kappa shape index (κ3) is 3.77. The number of furan rings is 1. The number of primary amides is 1. The van der Waals surface area contributed by atoms with Crippen molar-refractivity contribution in [3.63, 3.8) is 0 Å². The van der Waals surface area contributed by atoms with Crippen molar-refractivity contribution in [1.82, 2.24) is 9.88 Å². The number of nitrogens with zero attached hydrogens (tertiary/aromatic N) is 3. The first-order valence-corrected chi connectivity index (χ1v) is 9.48. The minimum atomic E-state index is -0.437. The Morgan fingerprint density at radius 2 is 1.86 bits per heavy atom. The van der Waals surface area contributed by atoms with Crippen LogP contribution in [0.4, 0.5) is 5.82 Å². The van der Waals surface area contributed by atoms with Gasteiger partial charge in [0.1, 0.15) is 17.3 Å². The van der Waals surface area contributed by atoms with Gasteiger partial charge in [-0.05, 0) is 36.8 Å². The largest absolute Gasteiger partial charge is 0.461 e. The van der Waals surface area contributed by atoms with Crippen LogP contribution in [0.25, 0.3) is 11.3 Å². The molecule has 0 saturated carbocycles. The van der Waals surface area contributed by atoms with Gasteiger partial charge in [0.2, 0.25) is 0 Å². The number of anilines is 1. The maximum Gasteiger partial charge on any atom is 0.252 e. The van der Waals surface area contributed by atoms with Crippen molar-refractivity contribution in [2.24, 2.45) is 5.73 Å². The fraction of sp³-hybridized carbons (Fsp3) is 0.273. The SMILES string of the molecule is Cc1ccc(-c2ccccc2CN2CCN(c3ncccc3C(N)=O)CC2)o1. The van der Waals surface area contributed by atoms with Crippen LogP contribution < -0.4 is 10.6 Å². The first kappa shape index (κ1) is 18.3. The van der Waals surface area contributed by atoms with Crippen LogP contribution >= 0.6 is 0 Å². The Morgan fingerprint density at radius 1 is 1.07 bits per heavy atom. The average Bonchev–Trinajstić information content (AvgIpc) is 3.15. The molecule has 0 bridgehead atoms. The number of amides is 1. The molecular weight excluding hydrogens is 352 g/mol. The second-order valence-corrected chi connectivity index (χ2v) is 7.07. The number of hydrogen-bond acceptors (Lipinski definition) is 5. The molecule has 0 aliphatic carbocycles. The number of benzene rings is 1. The van der Waals surface area contributed by atoms with Gasteiger partial charge in [-0.15, -0.1) is 0 Å². The van der Waals surface area contributed by atoms with Crippen molar-refractivity contribution >= 4 is 11.7 Å². The van der Waals surface area contributed by atoms with E-state index in [0.717, 1.165) is 49.8 Å². The van der Waals surface area contributed by atoms with Crippen LogP contribution in [0.15, 0.2) is 59.1 Å². The summed E-state index contributed by atoms with van der Waals surface area (Å²) in [6.07, 6.45) is 1.70. The van der Waals surface area contributed by atoms with E-state index in [4.69, 9.17) is 10.2 Å². The molecule has 2 aromatic heterocycles. The molecule has 0 atom stereocenters. The number of nitrogens with two attached hydrogens (primary N) is 1. The van der Waals surface area contributed by atoms with E-state index in [9.17, 15) is 4.79 Å². The van der Waals surface area contributed by atoms with E-state index < -0.39 is 5.91 Å². The highest BCUT2D eigenvalue weighted by Crippen LogP contribution is 2.27. The van der Waals surface area contributed by atoms with Gasteiger partial charge in [-0.2, -0.15) is 0 Å². The van der Waals surface area contributed by atoms with Gasteiger partial charge in [0.15, 0.2) is 0 Å². The molecule has 6 nitrogen and oxygen atoms in total. The fourth-order valence-corrected chi connectivity index (χ4v) is 3.68. The van der Waals surface area contributed by atoms with Crippen molar-refractivity contribution < 1.29 is 9.21 Å². The highest BCUT2D eigenvalue weighted by molar-refractivity contribution is 5.97. The summed E-state index contributed by atoms with van der Waals surface area (Å²) in [6.45, 7) is 6.21. The molecule has 144 valence electrons. The minimum absolute atomic E-state index is 0.437. The molecule has 1 aromatic carbocycles. The highest BCUT2D eigenvalue weighted by atomic mass is 16.3. The van der Waals surface area contributed by atoms with E-state index in [2.05, 4.69) is 33.0 Å². The normalized spacial score (nSPS) is 15.0. The molecule has 1 fully saturated rings.